The molecule has 0 aliphatic carbocycles. The SMILES string of the molecule is C[C@H](OC(=O)c1ccn(Cc2ccccc2)c1)C(N)=O. The zero-order valence-electron chi connectivity index (χ0n) is 11.2. The third-order valence-electron chi connectivity index (χ3n) is 2.88. The molecule has 0 saturated heterocycles. The van der Waals surface area contributed by atoms with Crippen molar-refractivity contribution in [2.45, 2.75) is 19.6 Å². The molecule has 5 heteroatoms. The summed E-state index contributed by atoms with van der Waals surface area (Å²) < 4.78 is 6.81. The van der Waals surface area contributed by atoms with Gasteiger partial charge in [0.25, 0.3) is 5.91 Å². The number of carbonyl (C=O) groups is 2. The third kappa shape index (κ3) is 3.47. The lowest BCUT2D eigenvalue weighted by molar-refractivity contribution is -0.125. The summed E-state index contributed by atoms with van der Waals surface area (Å²) in [6.45, 7) is 2.11. The van der Waals surface area contributed by atoms with Crippen LogP contribution in [0.2, 0.25) is 0 Å². The van der Waals surface area contributed by atoms with Crippen LogP contribution in [0.3, 0.4) is 0 Å². The number of aromatic nitrogens is 1. The fraction of sp³-hybridized carbons (Fsp3) is 0.200. The number of nitrogens with two attached hydrogens (primary N) is 1. The minimum atomic E-state index is -0.931. The fourth-order valence-electron chi connectivity index (χ4n) is 1.74. The maximum absolute atomic E-state index is 11.8. The third-order valence-corrected chi connectivity index (χ3v) is 2.88. The Kier molecular flexibility index (Phi) is 4.20. The lowest BCUT2D eigenvalue weighted by Crippen LogP contribution is -2.30. The molecule has 2 rings (SSSR count). The molecule has 1 atom stereocenters. The smallest absolute Gasteiger partial charge is 0.340 e. The maximum Gasteiger partial charge on any atom is 0.340 e. The Balaban J connectivity index is 2.02. The second-order valence-electron chi connectivity index (χ2n) is 4.51. The summed E-state index contributed by atoms with van der Waals surface area (Å²) in [7, 11) is 0. The first-order valence-electron chi connectivity index (χ1n) is 6.26. The Hall–Kier alpha value is -2.56. The predicted molar refractivity (Wildman–Crippen MR) is 74.0 cm³/mol. The van der Waals surface area contributed by atoms with Crippen LogP contribution in [0.25, 0.3) is 0 Å². The van der Waals surface area contributed by atoms with E-state index in [0.29, 0.717) is 12.1 Å². The number of amides is 1. The monoisotopic (exact) mass is 272 g/mol. The van der Waals surface area contributed by atoms with Crippen molar-refractivity contribution in [2.75, 3.05) is 0 Å². The van der Waals surface area contributed by atoms with E-state index in [1.807, 2.05) is 34.9 Å². The molecule has 1 aromatic heterocycles. The molecule has 1 aromatic carbocycles. The zero-order chi connectivity index (χ0) is 14.5. The van der Waals surface area contributed by atoms with Crippen LogP contribution < -0.4 is 5.73 Å². The van der Waals surface area contributed by atoms with Gasteiger partial charge in [-0.3, -0.25) is 4.79 Å². The molecule has 1 amide bonds. The topological polar surface area (TPSA) is 74.3 Å². The zero-order valence-corrected chi connectivity index (χ0v) is 11.2. The van der Waals surface area contributed by atoms with Crippen molar-refractivity contribution in [3.05, 3.63) is 59.9 Å². The van der Waals surface area contributed by atoms with Crippen LogP contribution in [0.1, 0.15) is 22.8 Å². The van der Waals surface area contributed by atoms with Crippen LogP contribution in [0, 0.1) is 0 Å². The van der Waals surface area contributed by atoms with Crippen molar-refractivity contribution in [3.63, 3.8) is 0 Å². The molecule has 0 aliphatic heterocycles. The Morgan fingerprint density at radius 1 is 1.25 bits per heavy atom. The van der Waals surface area contributed by atoms with Gasteiger partial charge in [-0.15, -0.1) is 0 Å². The van der Waals surface area contributed by atoms with E-state index in [4.69, 9.17) is 10.5 Å². The van der Waals surface area contributed by atoms with Crippen LogP contribution in [-0.2, 0) is 16.1 Å². The van der Waals surface area contributed by atoms with Gasteiger partial charge in [-0.25, -0.2) is 4.79 Å². The number of carbonyl (C=O) groups excluding carboxylic acids is 2. The van der Waals surface area contributed by atoms with Crippen molar-refractivity contribution >= 4 is 11.9 Å². The van der Waals surface area contributed by atoms with E-state index in [9.17, 15) is 9.59 Å². The van der Waals surface area contributed by atoms with Crippen LogP contribution in [0.15, 0.2) is 48.8 Å². The second kappa shape index (κ2) is 6.06. The highest BCUT2D eigenvalue weighted by Crippen LogP contribution is 2.08. The number of esters is 1. The number of nitrogens with zero attached hydrogens (tertiary/aromatic N) is 1. The minimum Gasteiger partial charge on any atom is -0.449 e. The number of hydrogen-bond donors (Lipinski definition) is 1. The maximum atomic E-state index is 11.8. The molecule has 0 radical (unpaired) electrons. The Labute approximate surface area is 117 Å². The average molecular weight is 272 g/mol. The summed E-state index contributed by atoms with van der Waals surface area (Å²) in [6, 6.07) is 11.5. The van der Waals surface area contributed by atoms with E-state index in [1.54, 1.807) is 18.5 Å². The highest BCUT2D eigenvalue weighted by molar-refractivity contribution is 5.91. The molecule has 0 unspecified atom stereocenters. The van der Waals surface area contributed by atoms with Crippen molar-refractivity contribution < 1.29 is 14.3 Å². The minimum absolute atomic E-state index is 0.397. The van der Waals surface area contributed by atoms with Crippen LogP contribution in [-0.4, -0.2) is 22.5 Å². The molecular formula is C15H16N2O3. The van der Waals surface area contributed by atoms with Gasteiger partial charge in [0.15, 0.2) is 6.10 Å². The summed E-state index contributed by atoms with van der Waals surface area (Å²) in [5.41, 5.74) is 6.58. The molecule has 1 heterocycles. The molecule has 2 N–H and O–H groups in total. The van der Waals surface area contributed by atoms with Gasteiger partial charge in [0.1, 0.15) is 0 Å². The average Bonchev–Trinajstić information content (AvgIpc) is 2.88. The standard InChI is InChI=1S/C15H16N2O3/c1-11(14(16)18)20-15(19)13-7-8-17(10-13)9-12-5-3-2-4-6-12/h2-8,10-11H,9H2,1H3,(H2,16,18)/t11-/m0/s1. The summed E-state index contributed by atoms with van der Waals surface area (Å²) in [4.78, 5) is 22.6. The van der Waals surface area contributed by atoms with E-state index >= 15 is 0 Å². The summed E-state index contributed by atoms with van der Waals surface area (Å²) in [5, 5.41) is 0. The number of ether oxygens (including phenoxy) is 1. The van der Waals surface area contributed by atoms with Gasteiger partial charge in [0.05, 0.1) is 5.56 Å². The quantitative estimate of drug-likeness (QED) is 0.839. The van der Waals surface area contributed by atoms with Crippen molar-refractivity contribution in [2.24, 2.45) is 5.73 Å². The van der Waals surface area contributed by atoms with Gasteiger partial charge in [-0.1, -0.05) is 30.3 Å². The molecule has 104 valence electrons. The van der Waals surface area contributed by atoms with Gasteiger partial charge in [-0.2, -0.15) is 0 Å². The van der Waals surface area contributed by atoms with E-state index in [2.05, 4.69) is 0 Å². The molecule has 0 aliphatic rings. The largest absolute Gasteiger partial charge is 0.449 e. The van der Waals surface area contributed by atoms with E-state index < -0.39 is 18.0 Å². The summed E-state index contributed by atoms with van der Waals surface area (Å²) >= 11 is 0. The lowest BCUT2D eigenvalue weighted by atomic mass is 10.2. The fourth-order valence-corrected chi connectivity index (χ4v) is 1.74. The molecule has 20 heavy (non-hydrogen) atoms. The molecule has 0 bridgehead atoms. The Morgan fingerprint density at radius 3 is 2.60 bits per heavy atom. The van der Waals surface area contributed by atoms with Gasteiger partial charge in [-0.05, 0) is 18.6 Å². The predicted octanol–water partition coefficient (Wildman–Crippen LogP) is 1.57. The van der Waals surface area contributed by atoms with Gasteiger partial charge >= 0.3 is 5.97 Å². The van der Waals surface area contributed by atoms with E-state index in [0.717, 1.165) is 5.56 Å². The van der Waals surface area contributed by atoms with Gasteiger partial charge in [0, 0.05) is 18.9 Å². The molecule has 5 nitrogen and oxygen atoms in total. The molecule has 0 saturated carbocycles. The van der Waals surface area contributed by atoms with Crippen LogP contribution in [0.5, 0.6) is 0 Å². The second-order valence-corrected chi connectivity index (χ2v) is 4.51. The van der Waals surface area contributed by atoms with Crippen molar-refractivity contribution in [1.29, 1.82) is 0 Å². The highest BCUT2D eigenvalue weighted by atomic mass is 16.5. The van der Waals surface area contributed by atoms with Crippen LogP contribution in [0.4, 0.5) is 0 Å². The summed E-state index contributed by atoms with van der Waals surface area (Å²) in [6.07, 6.45) is 2.54. The first-order valence-corrected chi connectivity index (χ1v) is 6.26. The molecule has 0 spiro atoms. The Bertz CT molecular complexity index is 605. The van der Waals surface area contributed by atoms with Crippen LogP contribution >= 0.6 is 0 Å². The van der Waals surface area contributed by atoms with Crippen molar-refractivity contribution in [3.8, 4) is 0 Å². The number of rotatable bonds is 5. The summed E-state index contributed by atoms with van der Waals surface area (Å²) in [5.74, 6) is -1.22. The van der Waals surface area contributed by atoms with Crippen molar-refractivity contribution in [1.82, 2.24) is 4.57 Å². The number of hydrogen-bond acceptors (Lipinski definition) is 3. The number of primary amides is 1. The first-order chi connectivity index (χ1) is 9.56. The first kappa shape index (κ1) is 13.9. The highest BCUT2D eigenvalue weighted by Gasteiger charge is 2.16. The Morgan fingerprint density at radius 2 is 1.95 bits per heavy atom. The molecule has 2 aromatic rings. The van der Waals surface area contributed by atoms with E-state index in [-0.39, 0.29) is 0 Å². The lowest BCUT2D eigenvalue weighted by Gasteiger charge is -2.08. The van der Waals surface area contributed by atoms with Gasteiger partial charge in [0.2, 0.25) is 0 Å². The van der Waals surface area contributed by atoms with E-state index in [1.165, 1.54) is 6.92 Å². The molecule has 0 fully saturated rings. The normalized spacial score (nSPS) is 11.8. The molecular weight excluding hydrogens is 256 g/mol. The van der Waals surface area contributed by atoms with Gasteiger partial charge < -0.3 is 15.0 Å². The number of benzene rings is 1.